The highest BCUT2D eigenvalue weighted by atomic mass is 33.1. The molecule has 0 aliphatic carbocycles. The average Bonchev–Trinajstić information content (AvgIpc) is 3.96. The molecule has 1 aromatic heterocycles. The van der Waals surface area contributed by atoms with Crippen LogP contribution in [-0.2, 0) is 60.7 Å². The zero-order chi connectivity index (χ0) is 55.6. The summed E-state index contributed by atoms with van der Waals surface area (Å²) < 4.78 is 21.9. The number of ketones is 1. The van der Waals surface area contributed by atoms with Crippen LogP contribution in [0.2, 0.25) is 0 Å². The van der Waals surface area contributed by atoms with Crippen LogP contribution in [0.5, 0.6) is 5.75 Å². The Balaban J connectivity index is 1.64. The molecule has 0 radical (unpaired) electrons. The third-order valence-electron chi connectivity index (χ3n) is 14.2. The Morgan fingerprint density at radius 2 is 1.66 bits per heavy atom. The summed E-state index contributed by atoms with van der Waals surface area (Å²) >= 11 is -2.35. The van der Waals surface area contributed by atoms with Gasteiger partial charge in [-0.25, -0.2) is 4.90 Å². The molecule has 1 saturated heterocycles. The summed E-state index contributed by atoms with van der Waals surface area (Å²) in [6.07, 6.45) is -3.52. The minimum absolute atomic E-state index is 0.0119. The number of benzene rings is 1. The Hall–Kier alpha value is -5.20. The van der Waals surface area contributed by atoms with Crippen molar-refractivity contribution in [3.05, 3.63) is 23.8 Å². The number of hydrogen-bond donors (Lipinski definition) is 13. The van der Waals surface area contributed by atoms with Crippen LogP contribution in [-0.4, -0.2) is 194 Å². The van der Waals surface area contributed by atoms with E-state index in [-0.39, 0.29) is 46.4 Å². The first-order chi connectivity index (χ1) is 36.1. The van der Waals surface area contributed by atoms with Crippen molar-refractivity contribution in [2.45, 2.75) is 137 Å². The van der Waals surface area contributed by atoms with Gasteiger partial charge in [0, 0.05) is 64.5 Å². The molecule has 13 atom stereocenters. The minimum Gasteiger partial charge on any atom is -0.610 e. The topological polar surface area (TPSA) is 388 Å². The van der Waals surface area contributed by atoms with Crippen LogP contribution in [0.1, 0.15) is 71.8 Å². The van der Waals surface area contributed by atoms with Gasteiger partial charge in [-0.1, -0.05) is 55.7 Å². The number of carbonyl (C=O) groups is 9. The second-order valence-electron chi connectivity index (χ2n) is 19.8. The van der Waals surface area contributed by atoms with E-state index in [1.165, 1.54) is 34.8 Å². The Kier molecular flexibility index (Phi) is 21.3. The van der Waals surface area contributed by atoms with Gasteiger partial charge in [0.2, 0.25) is 63.8 Å². The van der Waals surface area contributed by atoms with E-state index < -0.39 is 175 Å². The summed E-state index contributed by atoms with van der Waals surface area (Å²) in [5, 5.41) is 54.2. The van der Waals surface area contributed by atoms with Gasteiger partial charge in [-0.3, -0.25) is 43.2 Å². The van der Waals surface area contributed by atoms with E-state index in [0.717, 1.165) is 13.0 Å². The molecule has 8 amide bonds. The van der Waals surface area contributed by atoms with Crippen molar-refractivity contribution in [1.82, 2.24) is 52.4 Å². The second-order valence-corrected chi connectivity index (χ2v) is 24.1. The first-order valence-electron chi connectivity index (χ1n) is 25.4. The molecule has 6 heterocycles. The van der Waals surface area contributed by atoms with Gasteiger partial charge in [0.1, 0.15) is 35.7 Å². The highest BCUT2D eigenvalue weighted by Crippen LogP contribution is 2.40. The fraction of sp³-hybridized carbons (Fsp3) is 0.646. The number of H-pyrrole nitrogens is 1. The number of aromatic amines is 1. The number of amides is 8. The van der Waals surface area contributed by atoms with Crippen LogP contribution in [0.25, 0.3) is 10.9 Å². The van der Waals surface area contributed by atoms with E-state index in [1.807, 2.05) is 7.05 Å². The molecule has 7 rings (SSSR count). The molecule has 3 unspecified atom stereocenters. The molecule has 28 heteroatoms. The zero-order valence-corrected chi connectivity index (χ0v) is 45.5. The van der Waals surface area contributed by atoms with E-state index in [4.69, 9.17) is 10.5 Å². The number of hydrogen-bond acceptors (Lipinski definition) is 18. The number of primary amides is 1. The minimum atomic E-state index is -2.37. The largest absolute Gasteiger partial charge is 0.610 e. The highest BCUT2D eigenvalue weighted by Gasteiger charge is 2.57. The number of nitrogens with one attached hydrogen (secondary N) is 9. The molecule has 0 spiro atoms. The number of fused-ring (bicyclic) bond motifs is 7. The van der Waals surface area contributed by atoms with E-state index in [0.29, 0.717) is 17.6 Å². The summed E-state index contributed by atoms with van der Waals surface area (Å²) in [7, 11) is 4.97. The number of Topliss-reactive ketones (excluding diaryl/α,β-unsaturated/α-hetero) is 1. The summed E-state index contributed by atoms with van der Waals surface area (Å²) in [4.78, 5) is 134. The van der Waals surface area contributed by atoms with Crippen molar-refractivity contribution in [3.8, 4) is 5.75 Å². The average molecular weight is 1120 g/mol. The van der Waals surface area contributed by atoms with Gasteiger partial charge in [0.05, 0.1) is 49.9 Å². The molecule has 5 aliphatic heterocycles. The second kappa shape index (κ2) is 26.9. The number of ether oxygens (including phenoxy) is 1. The van der Waals surface area contributed by atoms with Crippen LogP contribution < -0.4 is 53.0 Å². The summed E-state index contributed by atoms with van der Waals surface area (Å²) in [6.45, 7) is 4.84. The molecule has 25 nitrogen and oxygen atoms in total. The molecule has 0 saturated carbocycles. The van der Waals surface area contributed by atoms with Gasteiger partial charge in [0.25, 0.3) is 0 Å². The first-order valence-corrected chi connectivity index (χ1v) is 29.1. The number of rotatable bonds is 16. The SMILES string of the molecule is CC[C@H](C)[C@@H]1NC(=O)CNC(=O)[C@@H]2Cc3c4[nH]c5cc(ccc35)OC(CCCSSC(C)CCNC)(C(=O)[C@H](CC(N)=O)NC(=O)C(C[S@@+]4[O-])NC(=O)CNC1=O)N1C[C@H](O)C[C@H]1C(=O)N[C@@H]([C@@H](C)[C@@H](O)CO)C(=O)N2. The first kappa shape index (κ1) is 60.0. The Bertz CT molecular complexity index is 2490. The Morgan fingerprint density at radius 1 is 0.947 bits per heavy atom. The predicted molar refractivity (Wildman–Crippen MR) is 281 cm³/mol. The fourth-order valence-corrected chi connectivity index (χ4v) is 13.5. The maximum absolute atomic E-state index is 16.0. The highest BCUT2D eigenvalue weighted by molar-refractivity contribution is 8.76. The molecule has 420 valence electrons. The molecule has 1 aromatic carbocycles. The van der Waals surface area contributed by atoms with Crippen LogP contribution in [0.15, 0.2) is 23.2 Å². The number of nitrogens with two attached hydrogens (primary N) is 1. The molecule has 14 N–H and O–H groups in total. The predicted octanol–water partition coefficient (Wildman–Crippen LogP) is -3.34. The lowest BCUT2D eigenvalue weighted by Gasteiger charge is -2.45. The van der Waals surface area contributed by atoms with Crippen LogP contribution >= 0.6 is 21.6 Å². The van der Waals surface area contributed by atoms with Gasteiger partial charge in [-0.15, -0.1) is 0 Å². The van der Waals surface area contributed by atoms with Crippen molar-refractivity contribution in [1.29, 1.82) is 0 Å². The van der Waals surface area contributed by atoms with Gasteiger partial charge < -0.3 is 77.9 Å². The van der Waals surface area contributed by atoms with E-state index in [1.54, 1.807) is 30.7 Å². The van der Waals surface area contributed by atoms with Gasteiger partial charge in [-0.2, -0.15) is 0 Å². The molecule has 76 heavy (non-hydrogen) atoms. The lowest BCUT2D eigenvalue weighted by Crippen LogP contribution is -2.68. The number of aliphatic hydroxyl groups is 3. The fourth-order valence-electron chi connectivity index (χ4n) is 9.69. The van der Waals surface area contributed by atoms with Gasteiger partial charge in [0.15, 0.2) is 6.04 Å². The summed E-state index contributed by atoms with van der Waals surface area (Å²) in [6, 6.07) is -5.37. The lowest BCUT2D eigenvalue weighted by molar-refractivity contribution is -0.166. The van der Waals surface area contributed by atoms with Gasteiger partial charge >= 0.3 is 0 Å². The van der Waals surface area contributed by atoms with Crippen LogP contribution in [0.3, 0.4) is 0 Å². The van der Waals surface area contributed by atoms with Gasteiger partial charge in [-0.05, 0) is 50.9 Å². The van der Waals surface area contributed by atoms with Crippen molar-refractivity contribution in [2.75, 3.05) is 51.3 Å². The number of aliphatic hydroxyl groups excluding tert-OH is 3. The molecule has 5 aliphatic rings. The van der Waals surface area contributed by atoms with Crippen molar-refractivity contribution >= 4 is 96.7 Å². The smallest absolute Gasteiger partial charge is 0.248 e. The third-order valence-corrected chi connectivity index (χ3v) is 18.7. The van der Waals surface area contributed by atoms with Crippen molar-refractivity contribution in [3.63, 3.8) is 0 Å². The summed E-state index contributed by atoms with van der Waals surface area (Å²) in [5.74, 6) is -10.9. The maximum atomic E-state index is 16.0. The molecular formula is C48H71N11O14S3. The number of nitrogens with zero attached hydrogens (tertiary/aromatic N) is 1. The zero-order valence-electron chi connectivity index (χ0n) is 43.1. The monoisotopic (exact) mass is 1120 g/mol. The molecule has 1 fully saturated rings. The standard InChI is InChI=1S/C48H71N11O14S3/c1-6-23(2)39-45(70)52-18-37(64)53-33-22-76(72)47-29-16-32(42(67)51-19-38(65)57-39)55-46(71)40(25(4)35(62)21-60)58-44(69)34-14-26(61)20-59(34)48(11-7-13-74-75-24(3)10-12-50-5,41(66)31(17-36(49)63)54-43(33)68)73-27-8-9-28(29)30(15-27)56-47/h8-9,15,23-26,31-35,39-40,50,56,60-62H,6-7,10-14,16-22H2,1-5H3,(H2,49,63)(H,51,67)(H,52,70)(H,53,64)(H,54,68)(H,55,71)(H,57,65)(H,58,69)/t23-,24?,25-,26+,31-,32-,33?,34-,35-,39-,40-,48?,76+/m0/s1. The van der Waals surface area contributed by atoms with Crippen LogP contribution in [0.4, 0.5) is 0 Å². The normalized spacial score (nSPS) is 29.0. The Labute approximate surface area is 450 Å². The van der Waals surface area contributed by atoms with E-state index in [9.17, 15) is 53.4 Å². The Morgan fingerprint density at radius 3 is 2.34 bits per heavy atom. The lowest BCUT2D eigenvalue weighted by atomic mass is 9.90. The summed E-state index contributed by atoms with van der Waals surface area (Å²) in [5.41, 5.74) is 3.80. The molecular weight excluding hydrogens is 1050 g/mol. The van der Waals surface area contributed by atoms with Crippen molar-refractivity contribution < 1.29 is 67.8 Å². The number of carbonyl (C=O) groups excluding carboxylic acids is 9. The van der Waals surface area contributed by atoms with E-state index in [2.05, 4.69) is 54.4 Å². The number of aromatic nitrogens is 1. The maximum Gasteiger partial charge on any atom is 0.248 e. The van der Waals surface area contributed by atoms with Crippen molar-refractivity contribution in [2.24, 2.45) is 17.6 Å². The quantitative estimate of drug-likeness (QED) is 0.0444. The molecule has 2 aromatic rings. The molecule has 8 bridgehead atoms. The third kappa shape index (κ3) is 14.5. The van der Waals surface area contributed by atoms with Crippen LogP contribution in [0, 0.1) is 11.8 Å². The van der Waals surface area contributed by atoms with E-state index >= 15 is 9.59 Å².